The number of aliphatic hydroxyl groups excluding tert-OH is 7. The zero-order valence-corrected chi connectivity index (χ0v) is 21.7. The van der Waals surface area contributed by atoms with Crippen molar-refractivity contribution in [2.45, 2.75) is 61.4 Å². The average Bonchev–Trinajstić information content (AvgIpc) is 2.96. The lowest BCUT2D eigenvalue weighted by Gasteiger charge is -2.45. The number of hydrogen-bond donors (Lipinski definition) is 9. The van der Waals surface area contributed by atoms with Gasteiger partial charge in [-0.05, 0) is 24.3 Å². The average molecular weight is 595 g/mol. The Kier molecular flexibility index (Phi) is 8.68. The van der Waals surface area contributed by atoms with Crippen molar-refractivity contribution in [1.29, 1.82) is 0 Å². The highest BCUT2D eigenvalue weighted by molar-refractivity contribution is 5.86. The summed E-state index contributed by atoms with van der Waals surface area (Å²) in [6.07, 6.45) is -16.5. The number of phenolic OH excluding ortho intramolecular Hbond substituents is 2. The molecule has 15 heteroatoms. The molecule has 3 heterocycles. The third-order valence-electron chi connectivity index (χ3n) is 7.15. The fourth-order valence-corrected chi connectivity index (χ4v) is 4.87. The molecule has 0 bridgehead atoms. The summed E-state index contributed by atoms with van der Waals surface area (Å²) >= 11 is 0. The Morgan fingerprint density at radius 3 is 2.05 bits per heavy atom. The molecule has 0 spiro atoms. The third-order valence-corrected chi connectivity index (χ3v) is 7.15. The Morgan fingerprint density at radius 2 is 1.38 bits per heavy atom. The number of ether oxygens (including phenoxy) is 4. The molecule has 1 aromatic heterocycles. The van der Waals surface area contributed by atoms with E-state index < -0.39 is 85.8 Å². The van der Waals surface area contributed by atoms with Crippen LogP contribution in [0.4, 0.5) is 0 Å². The maximum atomic E-state index is 12.7. The molecule has 5 rings (SSSR count). The van der Waals surface area contributed by atoms with Crippen LogP contribution in [-0.2, 0) is 14.2 Å². The molecule has 0 amide bonds. The van der Waals surface area contributed by atoms with Gasteiger partial charge in [0, 0.05) is 23.8 Å². The van der Waals surface area contributed by atoms with E-state index in [1.165, 1.54) is 36.4 Å². The van der Waals surface area contributed by atoms with E-state index >= 15 is 0 Å². The van der Waals surface area contributed by atoms with E-state index in [0.717, 1.165) is 6.07 Å². The van der Waals surface area contributed by atoms with Crippen molar-refractivity contribution in [1.82, 2.24) is 0 Å². The number of hydrogen-bond acceptors (Lipinski definition) is 15. The molecule has 2 saturated heterocycles. The van der Waals surface area contributed by atoms with Crippen LogP contribution in [0.1, 0.15) is 0 Å². The monoisotopic (exact) mass is 594 g/mol. The molecule has 2 fully saturated rings. The predicted molar refractivity (Wildman–Crippen MR) is 138 cm³/mol. The summed E-state index contributed by atoms with van der Waals surface area (Å²) in [5.41, 5.74) is -0.196. The SMILES string of the molecule is O=c1cc(-c2ccc(O)cc2)oc2cc(O[C@@H]3O[C@H](CO)[C@@H](O[C@@H]4O[C@H](CO)[C@@H](O)[C@H](O)[C@H]4O)[C@H](O)[C@@H]3O)cc(O)c12. The van der Waals surface area contributed by atoms with Crippen LogP contribution >= 0.6 is 0 Å². The van der Waals surface area contributed by atoms with E-state index in [9.17, 15) is 50.8 Å². The van der Waals surface area contributed by atoms with Gasteiger partial charge < -0.3 is 69.3 Å². The molecule has 0 radical (unpaired) electrons. The fourth-order valence-electron chi connectivity index (χ4n) is 4.87. The molecule has 0 saturated carbocycles. The van der Waals surface area contributed by atoms with E-state index in [-0.39, 0.29) is 28.2 Å². The summed E-state index contributed by atoms with van der Waals surface area (Å²) in [6.45, 7) is -1.51. The molecule has 15 nitrogen and oxygen atoms in total. The van der Waals surface area contributed by atoms with Gasteiger partial charge in [-0.25, -0.2) is 0 Å². The van der Waals surface area contributed by atoms with Crippen molar-refractivity contribution in [2.24, 2.45) is 0 Å². The van der Waals surface area contributed by atoms with Gasteiger partial charge in [-0.15, -0.1) is 0 Å². The van der Waals surface area contributed by atoms with Crippen LogP contribution in [0.3, 0.4) is 0 Å². The minimum atomic E-state index is -1.84. The minimum absolute atomic E-state index is 0.00505. The molecular weight excluding hydrogens is 564 g/mol. The molecule has 42 heavy (non-hydrogen) atoms. The van der Waals surface area contributed by atoms with Gasteiger partial charge in [-0.3, -0.25) is 4.79 Å². The lowest BCUT2D eigenvalue weighted by molar-refractivity contribution is -0.352. The Hall–Kier alpha value is -3.35. The summed E-state index contributed by atoms with van der Waals surface area (Å²) in [5.74, 6) is -0.526. The molecule has 228 valence electrons. The van der Waals surface area contributed by atoms with Crippen LogP contribution < -0.4 is 10.2 Å². The van der Waals surface area contributed by atoms with E-state index in [1.54, 1.807) is 0 Å². The quantitative estimate of drug-likeness (QED) is 0.142. The lowest BCUT2D eigenvalue weighted by atomic mass is 9.97. The first-order valence-electron chi connectivity index (χ1n) is 12.9. The first-order valence-corrected chi connectivity index (χ1v) is 12.9. The highest BCUT2D eigenvalue weighted by Gasteiger charge is 2.51. The number of aliphatic hydroxyl groups is 7. The molecule has 2 aliphatic heterocycles. The van der Waals surface area contributed by atoms with Gasteiger partial charge in [-0.2, -0.15) is 0 Å². The van der Waals surface area contributed by atoms with Crippen LogP contribution in [0, 0.1) is 0 Å². The van der Waals surface area contributed by atoms with Crippen molar-refractivity contribution in [3.8, 4) is 28.6 Å². The van der Waals surface area contributed by atoms with Gasteiger partial charge in [-0.1, -0.05) is 0 Å². The van der Waals surface area contributed by atoms with Gasteiger partial charge in [0.15, 0.2) is 11.7 Å². The standard InChI is InChI=1S/C27H30O15/c28-8-17-20(33)21(34)23(36)27(40-17)42-25-18(9-29)41-26(24(37)22(25)35)38-12-5-13(31)19-14(32)7-15(39-16(19)6-12)10-1-3-11(30)4-2-10/h1-7,17-18,20-31,33-37H,8-9H2/t17-,18-,20-,21+,22-,23-,24+,25-,26-,27+/m1/s1. The molecule has 2 aliphatic rings. The van der Waals surface area contributed by atoms with E-state index in [0.29, 0.717) is 5.56 Å². The predicted octanol–water partition coefficient (Wildman–Crippen LogP) is -2.13. The van der Waals surface area contributed by atoms with Gasteiger partial charge in [0.2, 0.25) is 6.29 Å². The molecule has 10 atom stereocenters. The minimum Gasteiger partial charge on any atom is -0.508 e. The number of benzene rings is 2. The Morgan fingerprint density at radius 1 is 0.738 bits per heavy atom. The maximum Gasteiger partial charge on any atom is 0.229 e. The van der Waals surface area contributed by atoms with Crippen molar-refractivity contribution in [2.75, 3.05) is 13.2 Å². The molecular formula is C27H30O15. The first-order chi connectivity index (χ1) is 20.0. The normalized spacial score (nSPS) is 33.5. The van der Waals surface area contributed by atoms with Crippen molar-refractivity contribution < 1.29 is 69.3 Å². The number of aromatic hydroxyl groups is 2. The third kappa shape index (κ3) is 5.67. The van der Waals surface area contributed by atoms with Crippen molar-refractivity contribution in [3.05, 3.63) is 52.7 Å². The maximum absolute atomic E-state index is 12.7. The van der Waals surface area contributed by atoms with Crippen LogP contribution in [0.15, 0.2) is 51.7 Å². The number of rotatable bonds is 7. The molecule has 3 aromatic rings. The Labute approximate surface area is 236 Å². The summed E-state index contributed by atoms with van der Waals surface area (Å²) in [4.78, 5) is 12.7. The summed E-state index contributed by atoms with van der Waals surface area (Å²) in [5, 5.41) is 91.0. The Balaban J connectivity index is 1.37. The molecule has 0 aliphatic carbocycles. The second kappa shape index (κ2) is 12.1. The number of fused-ring (bicyclic) bond motifs is 1. The smallest absolute Gasteiger partial charge is 0.229 e. The fraction of sp³-hybridized carbons (Fsp3) is 0.444. The van der Waals surface area contributed by atoms with Crippen LogP contribution in [0.25, 0.3) is 22.3 Å². The van der Waals surface area contributed by atoms with E-state index in [4.69, 9.17) is 23.4 Å². The van der Waals surface area contributed by atoms with Crippen molar-refractivity contribution >= 4 is 11.0 Å². The second-order valence-electron chi connectivity index (χ2n) is 9.96. The zero-order valence-electron chi connectivity index (χ0n) is 21.7. The summed E-state index contributed by atoms with van der Waals surface area (Å²) in [7, 11) is 0. The second-order valence-corrected chi connectivity index (χ2v) is 9.96. The van der Waals surface area contributed by atoms with Crippen LogP contribution in [-0.4, -0.2) is 121 Å². The highest BCUT2D eigenvalue weighted by Crippen LogP contribution is 2.34. The zero-order chi connectivity index (χ0) is 30.3. The summed E-state index contributed by atoms with van der Waals surface area (Å²) < 4.78 is 27.8. The molecule has 0 unspecified atom stereocenters. The summed E-state index contributed by atoms with van der Waals surface area (Å²) in [6, 6.07) is 9.31. The largest absolute Gasteiger partial charge is 0.508 e. The topological polar surface area (TPSA) is 249 Å². The van der Waals surface area contributed by atoms with Crippen molar-refractivity contribution in [3.63, 3.8) is 0 Å². The molecule has 2 aromatic carbocycles. The highest BCUT2D eigenvalue weighted by atomic mass is 16.7. The van der Waals surface area contributed by atoms with Gasteiger partial charge >= 0.3 is 0 Å². The van der Waals surface area contributed by atoms with Gasteiger partial charge in [0.25, 0.3) is 0 Å². The van der Waals surface area contributed by atoms with E-state index in [1.807, 2.05) is 0 Å². The van der Waals surface area contributed by atoms with Gasteiger partial charge in [0.05, 0.1) is 13.2 Å². The Bertz CT molecular complexity index is 1440. The molecule has 9 N–H and O–H groups in total. The van der Waals surface area contributed by atoms with Crippen LogP contribution in [0.2, 0.25) is 0 Å². The van der Waals surface area contributed by atoms with E-state index in [2.05, 4.69) is 0 Å². The lowest BCUT2D eigenvalue weighted by Crippen LogP contribution is -2.65. The van der Waals surface area contributed by atoms with Gasteiger partial charge in [0.1, 0.15) is 82.8 Å². The first kappa shape index (κ1) is 30.1. The van der Waals surface area contributed by atoms with Crippen LogP contribution in [0.5, 0.6) is 17.2 Å². The number of phenols is 2.